The molecule has 4 heteroatoms. The van der Waals surface area contributed by atoms with E-state index in [1.807, 2.05) is 13.0 Å². The third kappa shape index (κ3) is 1.24. The number of carbonyl (C=O) groups is 2. The van der Waals surface area contributed by atoms with Crippen molar-refractivity contribution in [3.63, 3.8) is 0 Å². The van der Waals surface area contributed by atoms with Gasteiger partial charge in [-0.3, -0.25) is 10.1 Å². The maximum atomic E-state index is 12.0. The highest BCUT2D eigenvalue weighted by Gasteiger charge is 2.51. The Hall–Kier alpha value is -1.84. The number of imide groups is 1. The van der Waals surface area contributed by atoms with Crippen LogP contribution in [0.3, 0.4) is 0 Å². The molecule has 1 unspecified atom stereocenters. The Morgan fingerprint density at radius 2 is 1.88 bits per heavy atom. The lowest BCUT2D eigenvalue weighted by Crippen LogP contribution is -2.41. The topological polar surface area (TPSA) is 58.2 Å². The Morgan fingerprint density at radius 1 is 1.18 bits per heavy atom. The van der Waals surface area contributed by atoms with Crippen LogP contribution in [0.4, 0.5) is 4.79 Å². The summed E-state index contributed by atoms with van der Waals surface area (Å²) in [4.78, 5) is 23.3. The number of rotatable bonds is 0. The molecule has 17 heavy (non-hydrogen) atoms. The quantitative estimate of drug-likeness (QED) is 0.660. The standard InChI is InChI=1S/C13H14N2O2/c1-7-5-9-3-4-13(10(9)6-8(7)2)11(16)14-12(17)15-13/h5-6H,3-4H2,1-2H3,(H2,14,15,16,17). The average molecular weight is 230 g/mol. The molecule has 0 radical (unpaired) electrons. The normalized spacial score (nSPS) is 26.0. The molecule has 1 atom stereocenters. The Labute approximate surface area is 99.4 Å². The zero-order chi connectivity index (χ0) is 12.2. The highest BCUT2D eigenvalue weighted by Crippen LogP contribution is 2.40. The molecule has 0 aromatic heterocycles. The van der Waals surface area contributed by atoms with Crippen molar-refractivity contribution in [1.29, 1.82) is 0 Å². The second-order valence-electron chi connectivity index (χ2n) is 4.91. The van der Waals surface area contributed by atoms with Gasteiger partial charge in [0.25, 0.3) is 5.91 Å². The van der Waals surface area contributed by atoms with Gasteiger partial charge in [-0.1, -0.05) is 12.1 Å². The van der Waals surface area contributed by atoms with Gasteiger partial charge in [0.15, 0.2) is 0 Å². The summed E-state index contributed by atoms with van der Waals surface area (Å²) in [6.07, 6.45) is 1.49. The molecular formula is C13H14N2O2. The van der Waals surface area contributed by atoms with Crippen LogP contribution in [0.1, 0.15) is 28.7 Å². The van der Waals surface area contributed by atoms with Crippen molar-refractivity contribution < 1.29 is 9.59 Å². The van der Waals surface area contributed by atoms with Crippen LogP contribution in [0.5, 0.6) is 0 Å². The van der Waals surface area contributed by atoms with Crippen LogP contribution in [0, 0.1) is 13.8 Å². The monoisotopic (exact) mass is 230 g/mol. The van der Waals surface area contributed by atoms with Crippen molar-refractivity contribution in [2.24, 2.45) is 0 Å². The maximum Gasteiger partial charge on any atom is 0.322 e. The van der Waals surface area contributed by atoms with Crippen molar-refractivity contribution in [2.75, 3.05) is 0 Å². The van der Waals surface area contributed by atoms with Crippen LogP contribution in [-0.4, -0.2) is 11.9 Å². The molecule has 3 rings (SSSR count). The van der Waals surface area contributed by atoms with Crippen molar-refractivity contribution in [3.8, 4) is 0 Å². The Kier molecular flexibility index (Phi) is 1.88. The molecule has 88 valence electrons. The average Bonchev–Trinajstić information content (AvgIpc) is 2.73. The van der Waals surface area contributed by atoms with E-state index in [2.05, 4.69) is 23.6 Å². The predicted molar refractivity (Wildman–Crippen MR) is 62.6 cm³/mol. The van der Waals surface area contributed by atoms with Gasteiger partial charge in [0.05, 0.1) is 0 Å². The number of hydrogen-bond donors (Lipinski definition) is 2. The molecule has 1 aromatic rings. The minimum absolute atomic E-state index is 0.218. The highest BCUT2D eigenvalue weighted by atomic mass is 16.2. The molecule has 1 fully saturated rings. The molecule has 4 nitrogen and oxygen atoms in total. The van der Waals surface area contributed by atoms with E-state index in [-0.39, 0.29) is 11.9 Å². The van der Waals surface area contributed by atoms with E-state index in [9.17, 15) is 9.59 Å². The largest absolute Gasteiger partial charge is 0.322 e. The van der Waals surface area contributed by atoms with Gasteiger partial charge >= 0.3 is 6.03 Å². The summed E-state index contributed by atoms with van der Waals surface area (Å²) in [5.74, 6) is -0.218. The molecule has 2 aliphatic rings. The van der Waals surface area contributed by atoms with Gasteiger partial charge < -0.3 is 5.32 Å². The van der Waals surface area contributed by atoms with Crippen molar-refractivity contribution in [2.45, 2.75) is 32.2 Å². The molecule has 1 aliphatic heterocycles. The third-order valence-corrected chi connectivity index (χ3v) is 3.89. The zero-order valence-corrected chi connectivity index (χ0v) is 9.89. The van der Waals surface area contributed by atoms with E-state index in [0.717, 1.165) is 17.5 Å². The van der Waals surface area contributed by atoms with Gasteiger partial charge in [-0.15, -0.1) is 0 Å². The van der Waals surface area contributed by atoms with Gasteiger partial charge in [0.1, 0.15) is 5.54 Å². The molecule has 1 aliphatic carbocycles. The molecule has 1 spiro atoms. The van der Waals surface area contributed by atoms with Gasteiger partial charge in [0.2, 0.25) is 0 Å². The van der Waals surface area contributed by atoms with Gasteiger partial charge in [0, 0.05) is 0 Å². The van der Waals surface area contributed by atoms with E-state index < -0.39 is 5.54 Å². The zero-order valence-electron chi connectivity index (χ0n) is 9.89. The number of amides is 3. The minimum atomic E-state index is -0.815. The lowest BCUT2D eigenvalue weighted by atomic mass is 9.90. The lowest BCUT2D eigenvalue weighted by Gasteiger charge is -2.21. The number of fused-ring (bicyclic) bond motifs is 2. The molecule has 0 saturated carbocycles. The minimum Gasteiger partial charge on any atom is -0.319 e. The van der Waals surface area contributed by atoms with Gasteiger partial charge in [-0.2, -0.15) is 0 Å². The van der Waals surface area contributed by atoms with E-state index in [0.29, 0.717) is 6.42 Å². The molecule has 3 amide bonds. The Morgan fingerprint density at radius 3 is 2.53 bits per heavy atom. The molecular weight excluding hydrogens is 216 g/mol. The molecule has 2 N–H and O–H groups in total. The van der Waals surface area contributed by atoms with Crippen LogP contribution in [-0.2, 0) is 16.8 Å². The number of urea groups is 1. The third-order valence-electron chi connectivity index (χ3n) is 3.89. The van der Waals surface area contributed by atoms with Crippen LogP contribution in [0.2, 0.25) is 0 Å². The predicted octanol–water partition coefficient (Wildman–Crippen LogP) is 1.28. The van der Waals surface area contributed by atoms with E-state index >= 15 is 0 Å². The first-order chi connectivity index (χ1) is 8.03. The van der Waals surface area contributed by atoms with E-state index in [1.165, 1.54) is 11.1 Å². The van der Waals surface area contributed by atoms with Crippen LogP contribution in [0.15, 0.2) is 12.1 Å². The van der Waals surface area contributed by atoms with Crippen LogP contribution >= 0.6 is 0 Å². The number of nitrogens with one attached hydrogen (secondary N) is 2. The summed E-state index contributed by atoms with van der Waals surface area (Å²) in [7, 11) is 0. The number of carbonyl (C=O) groups excluding carboxylic acids is 2. The van der Waals surface area contributed by atoms with E-state index in [1.54, 1.807) is 0 Å². The molecule has 1 aromatic carbocycles. The van der Waals surface area contributed by atoms with Crippen LogP contribution in [0.25, 0.3) is 0 Å². The molecule has 1 saturated heterocycles. The summed E-state index contributed by atoms with van der Waals surface area (Å²) in [6, 6.07) is 3.76. The van der Waals surface area contributed by atoms with Crippen molar-refractivity contribution in [1.82, 2.24) is 10.6 Å². The Balaban J connectivity index is 2.19. The Bertz CT molecular complexity index is 551. The van der Waals surface area contributed by atoms with E-state index in [4.69, 9.17) is 0 Å². The smallest absolute Gasteiger partial charge is 0.319 e. The number of aryl methyl sites for hydroxylation is 3. The van der Waals surface area contributed by atoms with Crippen molar-refractivity contribution in [3.05, 3.63) is 34.4 Å². The van der Waals surface area contributed by atoms with Crippen LogP contribution < -0.4 is 10.6 Å². The van der Waals surface area contributed by atoms with Gasteiger partial charge in [-0.25, -0.2) is 4.79 Å². The SMILES string of the molecule is Cc1cc2c(cc1C)C1(CC2)NC(=O)NC1=O. The fraction of sp³-hybridized carbons (Fsp3) is 0.385. The van der Waals surface area contributed by atoms with Gasteiger partial charge in [-0.05, 0) is 48.9 Å². The first-order valence-electron chi connectivity index (χ1n) is 5.77. The first kappa shape index (κ1) is 10.3. The summed E-state index contributed by atoms with van der Waals surface area (Å²) in [5.41, 5.74) is 3.70. The van der Waals surface area contributed by atoms with Crippen molar-refractivity contribution >= 4 is 11.9 Å². The summed E-state index contributed by atoms with van der Waals surface area (Å²) >= 11 is 0. The highest BCUT2D eigenvalue weighted by molar-refractivity contribution is 6.08. The lowest BCUT2D eigenvalue weighted by molar-refractivity contribution is -0.124. The fourth-order valence-electron chi connectivity index (χ4n) is 2.79. The summed E-state index contributed by atoms with van der Waals surface area (Å²) in [6.45, 7) is 4.09. The summed E-state index contributed by atoms with van der Waals surface area (Å²) < 4.78 is 0. The number of benzene rings is 1. The fourth-order valence-corrected chi connectivity index (χ4v) is 2.79. The first-order valence-corrected chi connectivity index (χ1v) is 5.77. The second kappa shape index (κ2) is 3.09. The summed E-state index contributed by atoms with van der Waals surface area (Å²) in [5, 5.41) is 5.12. The molecule has 0 bridgehead atoms. The maximum absolute atomic E-state index is 12.0. The number of hydrogen-bond acceptors (Lipinski definition) is 2. The second-order valence-corrected chi connectivity index (χ2v) is 4.91. The molecule has 1 heterocycles.